The maximum Gasteiger partial charge on any atom is 0.416 e. The zero-order valence-electron chi connectivity index (χ0n) is 17.8. The molecule has 0 aliphatic rings. The highest BCUT2D eigenvalue weighted by molar-refractivity contribution is 6.32. The van der Waals surface area contributed by atoms with Crippen molar-refractivity contribution in [3.63, 3.8) is 0 Å². The molecule has 2 rings (SSSR count). The highest BCUT2D eigenvalue weighted by Crippen LogP contribution is 2.32. The molecular weight excluding hydrogens is 464 g/mol. The zero-order chi connectivity index (χ0) is 23.7. The standard InChI is InChI=1S/C23H25Cl2F3N2O2/c1-3-30(4-2)12-5-13-32-21-10-9-18(15-20(21)25)29-22(31)11-7-16-6-8-17(14-19(16)24)23(26,27)28/h6-11,14-15H,3-5,12-13H2,1-2H3,(H,29,31)/b11-7+. The van der Waals surface area contributed by atoms with E-state index >= 15 is 0 Å². The zero-order valence-corrected chi connectivity index (χ0v) is 19.3. The van der Waals surface area contributed by atoms with Crippen molar-refractivity contribution in [3.8, 4) is 5.75 Å². The maximum absolute atomic E-state index is 12.7. The van der Waals surface area contributed by atoms with Crippen molar-refractivity contribution in [2.24, 2.45) is 0 Å². The summed E-state index contributed by atoms with van der Waals surface area (Å²) in [5, 5.41) is 2.90. The van der Waals surface area contributed by atoms with E-state index in [1.807, 2.05) is 0 Å². The Bertz CT molecular complexity index is 945. The van der Waals surface area contributed by atoms with Crippen LogP contribution in [0.25, 0.3) is 6.08 Å². The van der Waals surface area contributed by atoms with Crippen LogP contribution >= 0.6 is 23.2 Å². The summed E-state index contributed by atoms with van der Waals surface area (Å²) in [6, 6.07) is 7.83. The Balaban J connectivity index is 1.91. The molecule has 0 saturated carbocycles. The number of nitrogens with one attached hydrogen (secondary N) is 1. The van der Waals surface area contributed by atoms with Crippen LogP contribution in [0.4, 0.5) is 18.9 Å². The van der Waals surface area contributed by atoms with Crippen LogP contribution in [-0.2, 0) is 11.0 Å². The number of carbonyl (C=O) groups is 1. The number of nitrogens with zero attached hydrogens (tertiary/aromatic N) is 1. The average Bonchev–Trinajstić information content (AvgIpc) is 2.73. The van der Waals surface area contributed by atoms with Crippen LogP contribution in [0.15, 0.2) is 42.5 Å². The van der Waals surface area contributed by atoms with Crippen LogP contribution in [0, 0.1) is 0 Å². The summed E-state index contributed by atoms with van der Waals surface area (Å²) in [5.74, 6) is 0.0428. The Kier molecular flexibility index (Phi) is 9.87. The molecule has 0 aliphatic heterocycles. The predicted molar refractivity (Wildman–Crippen MR) is 123 cm³/mol. The van der Waals surface area contributed by atoms with E-state index in [0.717, 1.165) is 38.2 Å². The second kappa shape index (κ2) is 12.1. The lowest BCUT2D eigenvalue weighted by Gasteiger charge is -2.18. The largest absolute Gasteiger partial charge is 0.492 e. The number of alkyl halides is 3. The first kappa shape index (κ1) is 26.0. The van der Waals surface area contributed by atoms with Gasteiger partial charge in [-0.3, -0.25) is 4.79 Å². The van der Waals surface area contributed by atoms with E-state index in [1.165, 1.54) is 18.2 Å². The summed E-state index contributed by atoms with van der Waals surface area (Å²) < 4.78 is 43.8. The number of hydrogen-bond acceptors (Lipinski definition) is 3. The van der Waals surface area contributed by atoms with Gasteiger partial charge in [0.25, 0.3) is 0 Å². The minimum absolute atomic E-state index is 0.102. The quantitative estimate of drug-likeness (QED) is 0.296. The lowest BCUT2D eigenvalue weighted by Crippen LogP contribution is -2.25. The molecule has 32 heavy (non-hydrogen) atoms. The lowest BCUT2D eigenvalue weighted by atomic mass is 10.1. The number of carbonyl (C=O) groups excluding carboxylic acids is 1. The van der Waals surface area contributed by atoms with Crippen molar-refractivity contribution >= 4 is 40.9 Å². The molecule has 0 unspecified atom stereocenters. The van der Waals surface area contributed by atoms with Crippen molar-refractivity contribution in [2.75, 3.05) is 31.6 Å². The number of halogens is 5. The Morgan fingerprint density at radius 1 is 1.09 bits per heavy atom. The minimum atomic E-state index is -4.48. The fourth-order valence-corrected chi connectivity index (χ4v) is 3.37. The summed E-state index contributed by atoms with van der Waals surface area (Å²) in [6.07, 6.45) is -1.09. The SMILES string of the molecule is CCN(CC)CCCOc1ccc(NC(=O)/C=C/c2ccc(C(F)(F)F)cc2Cl)cc1Cl. The highest BCUT2D eigenvalue weighted by atomic mass is 35.5. The van der Waals surface area contributed by atoms with E-state index in [9.17, 15) is 18.0 Å². The number of hydrogen-bond donors (Lipinski definition) is 1. The first-order valence-electron chi connectivity index (χ1n) is 10.1. The Morgan fingerprint density at radius 3 is 2.41 bits per heavy atom. The molecule has 0 saturated heterocycles. The molecule has 0 aliphatic carbocycles. The first-order chi connectivity index (χ1) is 15.1. The molecule has 0 aromatic heterocycles. The highest BCUT2D eigenvalue weighted by Gasteiger charge is 2.30. The monoisotopic (exact) mass is 488 g/mol. The van der Waals surface area contributed by atoms with E-state index in [4.69, 9.17) is 27.9 Å². The van der Waals surface area contributed by atoms with Gasteiger partial charge in [0.05, 0.1) is 17.2 Å². The van der Waals surface area contributed by atoms with Crippen LogP contribution in [0.3, 0.4) is 0 Å². The normalized spacial score (nSPS) is 11.9. The molecule has 2 aromatic carbocycles. The third kappa shape index (κ3) is 8.04. The summed E-state index contributed by atoms with van der Waals surface area (Å²) in [5.41, 5.74) is -0.103. The van der Waals surface area contributed by atoms with Gasteiger partial charge >= 0.3 is 6.18 Å². The molecule has 1 amide bonds. The van der Waals surface area contributed by atoms with E-state index in [-0.39, 0.29) is 5.02 Å². The molecule has 0 atom stereocenters. The van der Waals surface area contributed by atoms with E-state index in [1.54, 1.807) is 18.2 Å². The number of rotatable bonds is 10. The van der Waals surface area contributed by atoms with Gasteiger partial charge in [0, 0.05) is 23.3 Å². The molecule has 1 N–H and O–H groups in total. The summed E-state index contributed by atoms with van der Waals surface area (Å²) in [6.45, 7) is 7.67. The van der Waals surface area contributed by atoms with Crippen LogP contribution in [-0.4, -0.2) is 37.0 Å². The molecule has 0 radical (unpaired) electrons. The van der Waals surface area contributed by atoms with Crippen LogP contribution < -0.4 is 10.1 Å². The van der Waals surface area contributed by atoms with Gasteiger partial charge in [-0.2, -0.15) is 13.2 Å². The molecule has 0 bridgehead atoms. The lowest BCUT2D eigenvalue weighted by molar-refractivity contribution is -0.137. The summed E-state index contributed by atoms with van der Waals surface area (Å²) in [7, 11) is 0. The molecular formula is C23H25Cl2F3N2O2. The van der Waals surface area contributed by atoms with Crippen LogP contribution in [0.5, 0.6) is 5.75 Å². The smallest absolute Gasteiger partial charge is 0.416 e. The number of anilines is 1. The summed E-state index contributed by atoms with van der Waals surface area (Å²) >= 11 is 12.1. The first-order valence-corrected chi connectivity index (χ1v) is 10.9. The van der Waals surface area contributed by atoms with E-state index in [2.05, 4.69) is 24.1 Å². The van der Waals surface area contributed by atoms with Gasteiger partial charge in [-0.05, 0) is 61.5 Å². The fraction of sp³-hybridized carbons (Fsp3) is 0.348. The van der Waals surface area contributed by atoms with Gasteiger partial charge < -0.3 is 15.0 Å². The number of ether oxygens (including phenoxy) is 1. The second-order valence-electron chi connectivity index (χ2n) is 6.93. The van der Waals surface area contributed by atoms with Crippen molar-refractivity contribution in [2.45, 2.75) is 26.4 Å². The summed E-state index contributed by atoms with van der Waals surface area (Å²) in [4.78, 5) is 14.5. The molecule has 0 heterocycles. The maximum atomic E-state index is 12.7. The van der Waals surface area contributed by atoms with Crippen molar-refractivity contribution < 1.29 is 22.7 Å². The third-order valence-electron chi connectivity index (χ3n) is 4.71. The van der Waals surface area contributed by atoms with Gasteiger partial charge in [-0.1, -0.05) is 43.1 Å². The Morgan fingerprint density at radius 2 is 1.81 bits per heavy atom. The van der Waals surface area contributed by atoms with Crippen molar-refractivity contribution in [3.05, 3.63) is 63.6 Å². The minimum Gasteiger partial charge on any atom is -0.492 e. The molecule has 4 nitrogen and oxygen atoms in total. The van der Waals surface area contributed by atoms with E-state index in [0.29, 0.717) is 28.6 Å². The topological polar surface area (TPSA) is 41.6 Å². The van der Waals surface area contributed by atoms with Gasteiger partial charge in [0.1, 0.15) is 5.75 Å². The van der Waals surface area contributed by atoms with Crippen molar-refractivity contribution in [1.29, 1.82) is 0 Å². The van der Waals surface area contributed by atoms with Gasteiger partial charge in [-0.15, -0.1) is 0 Å². The van der Waals surface area contributed by atoms with Gasteiger partial charge in [0.15, 0.2) is 0 Å². The fourth-order valence-electron chi connectivity index (χ4n) is 2.89. The van der Waals surface area contributed by atoms with Crippen LogP contribution in [0.1, 0.15) is 31.4 Å². The molecule has 0 spiro atoms. The van der Waals surface area contributed by atoms with Gasteiger partial charge in [-0.25, -0.2) is 0 Å². The second-order valence-corrected chi connectivity index (χ2v) is 7.75. The molecule has 174 valence electrons. The predicted octanol–water partition coefficient (Wildman–Crippen LogP) is 6.77. The molecule has 9 heteroatoms. The number of amides is 1. The number of benzene rings is 2. The van der Waals surface area contributed by atoms with Crippen molar-refractivity contribution in [1.82, 2.24) is 4.90 Å². The third-order valence-corrected chi connectivity index (χ3v) is 5.33. The van der Waals surface area contributed by atoms with Gasteiger partial charge in [0.2, 0.25) is 5.91 Å². The van der Waals surface area contributed by atoms with Crippen LogP contribution in [0.2, 0.25) is 10.0 Å². The molecule has 0 fully saturated rings. The Hall–Kier alpha value is -2.22. The average molecular weight is 489 g/mol. The van der Waals surface area contributed by atoms with E-state index < -0.39 is 17.6 Å². The molecule has 2 aromatic rings. The Labute approximate surface area is 196 Å².